The molecule has 0 unspecified atom stereocenters. The van der Waals surface area contributed by atoms with Crippen molar-refractivity contribution in [2.24, 2.45) is 34.7 Å². The van der Waals surface area contributed by atoms with Crippen molar-refractivity contribution in [3.05, 3.63) is 64.3 Å². The minimum atomic E-state index is -2.19. The van der Waals surface area contributed by atoms with Crippen LogP contribution in [-0.2, 0) is 44.1 Å². The molecule has 1 saturated heterocycles. The number of thioether (sulfide) groups is 1. The van der Waals surface area contributed by atoms with Crippen LogP contribution in [0.5, 0.6) is 0 Å². The highest BCUT2D eigenvalue weighted by atomic mass is 32.2. The number of nitrogens with zero attached hydrogens (tertiary/aromatic N) is 8. The van der Waals surface area contributed by atoms with Crippen molar-refractivity contribution in [2.45, 2.75) is 187 Å². The maximum absolute atomic E-state index is 14.8. The molecule has 18 nitrogen and oxygen atoms in total. The van der Waals surface area contributed by atoms with Gasteiger partial charge in [-0.3, -0.25) is 24.0 Å². The third-order valence-electron chi connectivity index (χ3n) is 14.8. The first-order valence-electron chi connectivity index (χ1n) is 26.8. The molecule has 2 N–H and O–H groups in total. The van der Waals surface area contributed by atoms with Gasteiger partial charge in [-0.25, -0.2) is 9.97 Å². The number of hydrogen-bond acceptors (Lipinski definition) is 13. The molecule has 1 aliphatic rings. The highest BCUT2D eigenvalue weighted by Gasteiger charge is 2.44. The fourth-order valence-electron chi connectivity index (χ4n) is 10.6. The van der Waals surface area contributed by atoms with E-state index in [1.54, 1.807) is 81.0 Å². The molecular formula is C54H91N9O9SSi2. The fourth-order valence-corrected chi connectivity index (χ4v) is 20.9. The Morgan fingerprint density at radius 2 is 1.57 bits per heavy atom. The third-order valence-corrected chi connectivity index (χ3v) is 24.6. The van der Waals surface area contributed by atoms with Crippen LogP contribution in [0.1, 0.15) is 118 Å². The predicted octanol–water partition coefficient (Wildman–Crippen LogP) is 9.00. The molecule has 1 aliphatic heterocycles. The summed E-state index contributed by atoms with van der Waals surface area (Å²) in [6.07, 6.45) is 4.03. The lowest BCUT2D eigenvalue weighted by Crippen LogP contribution is -2.55. The standard InChI is InChI=1S/C54H91N9O9SSi2/c1-17-37(6)49(45(70-11)30-47(66)63-27-21-25-43(63)51(71-12)38(7)52(68)59-39(8)50(67)41-23-19-18-20-24-41)62(10)53(69)42(35(2)3)29-44(64)48(36(4)5)61(9)46(65)26-22-28-74(13,14)72-75(15,16)34-73-54-56-31-40(32-57-54)33-58-60-55/h18-20,23-24,31-32,35-39,42-43,45,48-51,67H,17,21-22,25-30,33-34H2,1-16H3,(H,59,68)/t37-,38+,39+,42-,43-,45+,48-,49-,50+,51+/m1/s1. The number of azide groups is 1. The van der Waals surface area contributed by atoms with Crippen LogP contribution in [0.4, 0.5) is 0 Å². The number of likely N-dealkylation sites (N-methyl/N-ethyl adjacent to an activating group) is 2. The van der Waals surface area contributed by atoms with Crippen LogP contribution in [0.2, 0.25) is 32.2 Å². The number of rotatable bonds is 32. The highest BCUT2D eigenvalue weighted by Crippen LogP contribution is 2.32. The predicted molar refractivity (Wildman–Crippen MR) is 300 cm³/mol. The van der Waals surface area contributed by atoms with E-state index in [2.05, 4.69) is 51.5 Å². The summed E-state index contributed by atoms with van der Waals surface area (Å²) < 4.78 is 18.9. The Morgan fingerprint density at radius 1 is 0.933 bits per heavy atom. The molecule has 1 fully saturated rings. The molecule has 10 atom stereocenters. The first-order chi connectivity index (χ1) is 35.2. The van der Waals surface area contributed by atoms with E-state index < -0.39 is 64.9 Å². The van der Waals surface area contributed by atoms with E-state index in [0.29, 0.717) is 36.5 Å². The van der Waals surface area contributed by atoms with Crippen LogP contribution in [-0.4, -0.2) is 152 Å². The second kappa shape index (κ2) is 30.7. The third kappa shape index (κ3) is 19.3. The molecule has 420 valence electrons. The maximum Gasteiger partial charge on any atom is 0.226 e. The van der Waals surface area contributed by atoms with Crippen molar-refractivity contribution in [1.82, 2.24) is 30.0 Å². The first kappa shape index (κ1) is 65.1. The van der Waals surface area contributed by atoms with Gasteiger partial charge in [-0.15, -0.1) is 0 Å². The van der Waals surface area contributed by atoms with Crippen molar-refractivity contribution in [3.63, 3.8) is 0 Å². The van der Waals surface area contributed by atoms with Crippen LogP contribution in [0, 0.1) is 29.6 Å². The van der Waals surface area contributed by atoms with E-state index in [1.807, 2.05) is 71.9 Å². The van der Waals surface area contributed by atoms with Gasteiger partial charge in [0.15, 0.2) is 27.6 Å². The monoisotopic (exact) mass is 1100 g/mol. The summed E-state index contributed by atoms with van der Waals surface area (Å²) in [5.41, 5.74) is 10.0. The number of ketones is 1. The number of benzene rings is 1. The molecule has 0 saturated carbocycles. The van der Waals surface area contributed by atoms with Gasteiger partial charge in [0.2, 0.25) is 23.6 Å². The molecule has 1 aromatic heterocycles. The maximum atomic E-state index is 14.8. The van der Waals surface area contributed by atoms with Crippen molar-refractivity contribution in [1.29, 1.82) is 0 Å². The molecule has 0 aliphatic carbocycles. The Bertz CT molecular complexity index is 2190. The van der Waals surface area contributed by atoms with E-state index in [0.717, 1.165) is 23.4 Å². The number of ether oxygens (including phenoxy) is 2. The number of aromatic nitrogens is 2. The van der Waals surface area contributed by atoms with Gasteiger partial charge in [-0.2, -0.15) is 0 Å². The number of nitrogens with one attached hydrogen (secondary N) is 1. The van der Waals surface area contributed by atoms with E-state index >= 15 is 0 Å². The lowest BCUT2D eigenvalue weighted by atomic mass is 9.83. The normalized spacial score (nSPS) is 17.7. The van der Waals surface area contributed by atoms with Gasteiger partial charge in [0.25, 0.3) is 0 Å². The van der Waals surface area contributed by atoms with Gasteiger partial charge in [-0.05, 0) is 92.8 Å². The molecule has 2 aromatic rings. The smallest absolute Gasteiger partial charge is 0.226 e. The van der Waals surface area contributed by atoms with Gasteiger partial charge in [-0.1, -0.05) is 102 Å². The molecular weight excluding hydrogens is 1010 g/mol. The Labute approximate surface area is 454 Å². The summed E-state index contributed by atoms with van der Waals surface area (Å²) in [6.45, 7) is 24.7. The van der Waals surface area contributed by atoms with Crippen LogP contribution in [0.15, 0.2) is 53.0 Å². The van der Waals surface area contributed by atoms with E-state index in [1.165, 1.54) is 0 Å². The van der Waals surface area contributed by atoms with Crippen LogP contribution in [0.25, 0.3) is 10.4 Å². The molecule has 2 heterocycles. The summed E-state index contributed by atoms with van der Waals surface area (Å²) in [4.78, 5) is 87.8. The zero-order chi connectivity index (χ0) is 56.4. The largest absolute Gasteiger partial charge is 0.455 e. The summed E-state index contributed by atoms with van der Waals surface area (Å²) in [5.74, 6) is -2.78. The quantitative estimate of drug-likeness (QED) is 0.0175. The summed E-state index contributed by atoms with van der Waals surface area (Å²) >= 11 is 1.55. The molecule has 0 spiro atoms. The Morgan fingerprint density at radius 3 is 2.13 bits per heavy atom. The van der Waals surface area contributed by atoms with E-state index in [4.69, 9.17) is 19.1 Å². The SMILES string of the molecule is CC[C@@H](C)[C@H]([C@H](CC(=O)N1CCC[C@@H]1[C@@H](OC)[C@H](C)C(=O)N[C@@H](C)[C@H](O)c1ccccc1)OC)N(C)C(=O)[C@H](CC(=O)[C@@H](C(C)C)N(C)C(=O)CCC[Si](C)(C)O[Si](C)(C)CSc1ncc(CN=[N+]=[N-])cn1)C(C)C. The van der Waals surface area contributed by atoms with Gasteiger partial charge in [0, 0.05) is 76.3 Å². The summed E-state index contributed by atoms with van der Waals surface area (Å²) in [6, 6.07) is 7.75. The number of amides is 4. The second-order valence-electron chi connectivity index (χ2n) is 22.5. The molecule has 21 heteroatoms. The van der Waals surface area contributed by atoms with Gasteiger partial charge in [0.05, 0.1) is 61.4 Å². The van der Waals surface area contributed by atoms with Crippen molar-refractivity contribution >= 4 is 57.8 Å². The molecule has 0 bridgehead atoms. The number of hydrogen-bond donors (Lipinski definition) is 2. The average Bonchev–Trinajstić information content (AvgIpc) is 3.85. The second-order valence-corrected chi connectivity index (χ2v) is 32.6. The van der Waals surface area contributed by atoms with Crippen molar-refractivity contribution in [3.8, 4) is 0 Å². The Kier molecular flexibility index (Phi) is 26.6. The lowest BCUT2D eigenvalue weighted by Gasteiger charge is -2.41. The van der Waals surface area contributed by atoms with Gasteiger partial charge >= 0.3 is 0 Å². The van der Waals surface area contributed by atoms with Crippen molar-refractivity contribution in [2.75, 3.05) is 40.2 Å². The Balaban J connectivity index is 1.67. The topological polar surface area (TPSA) is 230 Å². The zero-order valence-corrected chi connectivity index (χ0v) is 50.8. The Hall–Kier alpha value is -4.22. The first-order valence-corrected chi connectivity index (χ1v) is 34.0. The van der Waals surface area contributed by atoms with Crippen LogP contribution in [0.3, 0.4) is 0 Å². The number of aliphatic hydroxyl groups is 1. The van der Waals surface area contributed by atoms with E-state index in [-0.39, 0.29) is 79.0 Å². The zero-order valence-electron chi connectivity index (χ0n) is 47.9. The molecule has 4 amide bonds. The molecule has 0 radical (unpaired) electrons. The summed E-state index contributed by atoms with van der Waals surface area (Å²) in [7, 11) is 2.20. The number of carbonyl (C=O) groups is 5. The fraction of sp³-hybridized carbons (Fsp3) is 0.722. The number of carbonyl (C=O) groups excluding carboxylic acids is 5. The molecule has 3 rings (SSSR count). The number of aliphatic hydroxyl groups excluding tert-OH is 1. The minimum absolute atomic E-state index is 0.0114. The van der Waals surface area contributed by atoms with Crippen molar-refractivity contribution < 1.29 is 42.7 Å². The van der Waals surface area contributed by atoms with Crippen LogP contribution >= 0.6 is 11.8 Å². The van der Waals surface area contributed by atoms with Gasteiger partial charge in [0.1, 0.15) is 0 Å². The van der Waals surface area contributed by atoms with Gasteiger partial charge < -0.3 is 38.7 Å². The lowest BCUT2D eigenvalue weighted by molar-refractivity contribution is -0.149. The number of likely N-dealkylation sites (tertiary alicyclic amines) is 1. The molecule has 1 aromatic carbocycles. The average molecular weight is 1100 g/mol. The van der Waals surface area contributed by atoms with Crippen LogP contribution < -0.4 is 5.32 Å². The summed E-state index contributed by atoms with van der Waals surface area (Å²) in [5, 5.41) is 18.8. The highest BCUT2D eigenvalue weighted by molar-refractivity contribution is 8.00. The minimum Gasteiger partial charge on any atom is -0.455 e. The van der Waals surface area contributed by atoms with E-state index in [9.17, 15) is 29.1 Å². The molecule has 75 heavy (non-hydrogen) atoms. The number of methoxy groups -OCH3 is 2. The number of Topliss-reactive ketones (excluding diaryl/α,β-unsaturated/α-hetero) is 1.